The molecule has 2 fully saturated rings. The lowest BCUT2D eigenvalue weighted by Gasteiger charge is -2.36. The average molecular weight is 400 g/mol. The zero-order chi connectivity index (χ0) is 14.7. The van der Waals surface area contributed by atoms with Gasteiger partial charge >= 0.3 is 0 Å². The van der Waals surface area contributed by atoms with E-state index in [1.54, 1.807) is 0 Å². The maximum atomic E-state index is 13.1. The molecule has 1 aromatic carbocycles. The summed E-state index contributed by atoms with van der Waals surface area (Å²) in [4.78, 5) is 17.4. The highest BCUT2D eigenvalue weighted by molar-refractivity contribution is 14.1. The van der Waals surface area contributed by atoms with E-state index in [-0.39, 0.29) is 11.9 Å². The normalized spacial score (nSPS) is 25.0. The van der Waals surface area contributed by atoms with Gasteiger partial charge in [0.2, 0.25) is 5.91 Å². The molecular weight excluding hydrogens is 379 g/mol. The molecule has 2 saturated heterocycles. The third-order valence-electron chi connectivity index (χ3n) is 4.22. The monoisotopic (exact) mass is 400 g/mol. The molecule has 1 aromatic rings. The van der Waals surface area contributed by atoms with E-state index in [4.69, 9.17) is 4.74 Å². The fraction of sp³-hybridized carbons (Fsp3) is 0.562. The molecule has 2 heterocycles. The molecule has 2 aliphatic heterocycles. The van der Waals surface area contributed by atoms with Crippen molar-refractivity contribution in [2.75, 3.05) is 32.8 Å². The highest BCUT2D eigenvalue weighted by Gasteiger charge is 2.36. The molecule has 2 atom stereocenters. The first-order chi connectivity index (χ1) is 10.3. The second-order valence-corrected chi connectivity index (χ2v) is 7.01. The van der Waals surface area contributed by atoms with E-state index in [0.29, 0.717) is 17.3 Å². The average Bonchev–Trinajstić information content (AvgIpc) is 2.96. The van der Waals surface area contributed by atoms with E-state index in [1.165, 1.54) is 0 Å². The van der Waals surface area contributed by atoms with E-state index in [9.17, 15) is 4.79 Å². The van der Waals surface area contributed by atoms with Gasteiger partial charge in [0.1, 0.15) is 6.04 Å². The molecule has 0 N–H and O–H groups in total. The van der Waals surface area contributed by atoms with Crippen LogP contribution in [0.15, 0.2) is 30.3 Å². The summed E-state index contributed by atoms with van der Waals surface area (Å²) in [6, 6.07) is 10.0. The number of nitrogens with zero attached hydrogens (tertiary/aromatic N) is 2. The molecule has 0 bridgehead atoms. The Morgan fingerprint density at radius 2 is 1.90 bits per heavy atom. The lowest BCUT2D eigenvalue weighted by atomic mass is 10.0. The van der Waals surface area contributed by atoms with Crippen molar-refractivity contribution in [3.8, 4) is 0 Å². The smallest absolute Gasteiger partial charge is 0.245 e. The van der Waals surface area contributed by atoms with Crippen molar-refractivity contribution >= 4 is 28.5 Å². The van der Waals surface area contributed by atoms with E-state index >= 15 is 0 Å². The van der Waals surface area contributed by atoms with E-state index in [0.717, 1.165) is 38.0 Å². The van der Waals surface area contributed by atoms with Crippen molar-refractivity contribution in [2.24, 2.45) is 0 Å². The van der Waals surface area contributed by atoms with Crippen LogP contribution < -0.4 is 0 Å². The Hall–Kier alpha value is -0.660. The molecule has 0 spiro atoms. The van der Waals surface area contributed by atoms with Crippen LogP contribution in [0.25, 0.3) is 0 Å². The van der Waals surface area contributed by atoms with Crippen molar-refractivity contribution in [1.82, 2.24) is 9.80 Å². The number of alkyl halides is 1. The van der Waals surface area contributed by atoms with Gasteiger partial charge in [-0.05, 0) is 18.4 Å². The lowest BCUT2D eigenvalue weighted by Crippen LogP contribution is -2.47. The molecule has 2 aliphatic rings. The number of morpholine rings is 1. The van der Waals surface area contributed by atoms with Gasteiger partial charge in [0.15, 0.2) is 0 Å². The second kappa shape index (κ2) is 7.07. The minimum atomic E-state index is -0.162. The quantitative estimate of drug-likeness (QED) is 0.444. The molecule has 0 radical (unpaired) electrons. The maximum Gasteiger partial charge on any atom is 0.245 e. The largest absolute Gasteiger partial charge is 0.379 e. The number of ether oxygens (including phenoxy) is 1. The van der Waals surface area contributed by atoms with Crippen LogP contribution in [-0.2, 0) is 9.53 Å². The van der Waals surface area contributed by atoms with Gasteiger partial charge in [-0.25, -0.2) is 0 Å². The number of halogens is 1. The molecule has 0 aliphatic carbocycles. The highest BCUT2D eigenvalue weighted by atomic mass is 127. The summed E-state index contributed by atoms with van der Waals surface area (Å²) >= 11 is 2.39. The van der Waals surface area contributed by atoms with Crippen LogP contribution >= 0.6 is 22.6 Å². The van der Waals surface area contributed by atoms with Gasteiger partial charge < -0.3 is 9.64 Å². The Balaban J connectivity index is 1.86. The molecule has 5 heteroatoms. The number of likely N-dealkylation sites (tertiary alicyclic amines) is 1. The van der Waals surface area contributed by atoms with Crippen LogP contribution in [0.5, 0.6) is 0 Å². The summed E-state index contributed by atoms with van der Waals surface area (Å²) in [5, 5.41) is 0. The van der Waals surface area contributed by atoms with Gasteiger partial charge in [-0.15, -0.1) is 0 Å². The summed E-state index contributed by atoms with van der Waals surface area (Å²) in [6.45, 7) is 3.96. The van der Waals surface area contributed by atoms with Crippen LogP contribution in [0.2, 0.25) is 0 Å². The fourth-order valence-electron chi connectivity index (χ4n) is 3.11. The highest BCUT2D eigenvalue weighted by Crippen LogP contribution is 2.30. The maximum absolute atomic E-state index is 13.1. The fourth-order valence-corrected chi connectivity index (χ4v) is 4.11. The standard InChI is InChI=1S/C16H21IN2O2/c17-14-7-4-8-19(14)16(20)15(13-5-2-1-3-6-13)18-9-11-21-12-10-18/h1-3,5-6,14-15H,4,7-12H2. The molecule has 3 rings (SSSR count). The summed E-state index contributed by atoms with van der Waals surface area (Å²) in [7, 11) is 0. The molecule has 1 amide bonds. The molecular formula is C16H21IN2O2. The zero-order valence-corrected chi connectivity index (χ0v) is 14.2. The predicted octanol–water partition coefficient (Wildman–Crippen LogP) is 2.44. The molecule has 4 nitrogen and oxygen atoms in total. The third-order valence-corrected chi connectivity index (χ3v) is 5.52. The Bertz CT molecular complexity index is 476. The molecule has 0 saturated carbocycles. The number of benzene rings is 1. The first kappa shape index (κ1) is 15.2. The van der Waals surface area contributed by atoms with E-state index in [2.05, 4.69) is 39.6 Å². The van der Waals surface area contributed by atoms with E-state index < -0.39 is 0 Å². The molecule has 0 aromatic heterocycles. The van der Waals surface area contributed by atoms with Gasteiger partial charge in [0.25, 0.3) is 0 Å². The van der Waals surface area contributed by atoms with Crippen molar-refractivity contribution in [3.05, 3.63) is 35.9 Å². The lowest BCUT2D eigenvalue weighted by molar-refractivity contribution is -0.138. The Morgan fingerprint density at radius 1 is 1.19 bits per heavy atom. The number of carbonyl (C=O) groups is 1. The number of rotatable bonds is 3. The van der Waals surface area contributed by atoms with Crippen molar-refractivity contribution in [3.63, 3.8) is 0 Å². The van der Waals surface area contributed by atoms with Gasteiger partial charge in [-0.3, -0.25) is 9.69 Å². The van der Waals surface area contributed by atoms with Gasteiger partial charge in [0.05, 0.1) is 17.3 Å². The second-order valence-electron chi connectivity index (χ2n) is 5.57. The number of amides is 1. The number of hydrogen-bond acceptors (Lipinski definition) is 3. The van der Waals surface area contributed by atoms with Gasteiger partial charge in [0, 0.05) is 19.6 Å². The summed E-state index contributed by atoms with van der Waals surface area (Å²) in [5.41, 5.74) is 1.10. The van der Waals surface area contributed by atoms with Crippen LogP contribution in [0.1, 0.15) is 24.4 Å². The molecule has 21 heavy (non-hydrogen) atoms. The minimum absolute atomic E-state index is 0.162. The minimum Gasteiger partial charge on any atom is -0.379 e. The first-order valence-electron chi connectivity index (χ1n) is 7.58. The number of hydrogen-bond donors (Lipinski definition) is 0. The van der Waals surface area contributed by atoms with E-state index in [1.807, 2.05) is 23.1 Å². The van der Waals surface area contributed by atoms with Crippen molar-refractivity contribution in [1.29, 1.82) is 0 Å². The predicted molar refractivity (Wildman–Crippen MR) is 90.3 cm³/mol. The summed E-state index contributed by atoms with van der Waals surface area (Å²) < 4.78 is 5.78. The third kappa shape index (κ3) is 3.40. The SMILES string of the molecule is O=C(C(c1ccccc1)N1CCOCC1)N1CCCC1I. The van der Waals surface area contributed by atoms with Crippen molar-refractivity contribution in [2.45, 2.75) is 22.9 Å². The Kier molecular flexibility index (Phi) is 5.13. The van der Waals surface area contributed by atoms with Crippen LogP contribution in [0, 0.1) is 0 Å². The Labute approximate surface area is 139 Å². The first-order valence-corrected chi connectivity index (χ1v) is 8.83. The van der Waals surface area contributed by atoms with Crippen LogP contribution in [0.3, 0.4) is 0 Å². The van der Waals surface area contributed by atoms with Crippen LogP contribution in [0.4, 0.5) is 0 Å². The van der Waals surface area contributed by atoms with Crippen LogP contribution in [-0.4, -0.2) is 52.6 Å². The Morgan fingerprint density at radius 3 is 2.52 bits per heavy atom. The van der Waals surface area contributed by atoms with Gasteiger partial charge in [-0.1, -0.05) is 52.9 Å². The summed E-state index contributed by atoms with van der Waals surface area (Å²) in [6.07, 6.45) is 2.22. The number of carbonyl (C=O) groups excluding carboxylic acids is 1. The zero-order valence-electron chi connectivity index (χ0n) is 12.1. The topological polar surface area (TPSA) is 32.8 Å². The van der Waals surface area contributed by atoms with Gasteiger partial charge in [-0.2, -0.15) is 0 Å². The molecule has 114 valence electrons. The van der Waals surface area contributed by atoms with Crippen molar-refractivity contribution < 1.29 is 9.53 Å². The summed E-state index contributed by atoms with van der Waals surface area (Å²) in [5.74, 6) is 0.250. The molecule has 2 unspecified atom stereocenters.